The van der Waals surface area contributed by atoms with E-state index in [9.17, 15) is 31.5 Å². The van der Waals surface area contributed by atoms with Crippen molar-refractivity contribution in [3.63, 3.8) is 0 Å². The minimum atomic E-state index is -6.02. The zero-order valence-electron chi connectivity index (χ0n) is 9.67. The highest BCUT2D eigenvalue weighted by atomic mass is 19.4. The molecule has 1 rings (SSSR count). The van der Waals surface area contributed by atoms with Crippen LogP contribution < -0.4 is 0 Å². The lowest BCUT2D eigenvalue weighted by atomic mass is 10.2. The van der Waals surface area contributed by atoms with E-state index in [1.165, 1.54) is 0 Å². The number of nitrogens with zero attached hydrogens (tertiary/aromatic N) is 1. The fraction of sp³-hybridized carbons (Fsp3) is 0.778. The third-order valence-electron chi connectivity index (χ3n) is 2.49. The normalized spacial score (nSPS) is 21.2. The molecule has 0 aliphatic carbocycles. The van der Waals surface area contributed by atoms with Crippen molar-refractivity contribution in [1.82, 2.24) is 4.90 Å². The number of methoxy groups -OCH3 is 1. The first-order valence-corrected chi connectivity index (χ1v) is 5.04. The molecule has 10 heteroatoms. The van der Waals surface area contributed by atoms with E-state index in [4.69, 9.17) is 4.74 Å². The third kappa shape index (κ3) is 2.94. The lowest BCUT2D eigenvalue weighted by Gasteiger charge is -2.35. The molecule has 1 saturated heterocycles. The molecule has 0 aromatic carbocycles. The van der Waals surface area contributed by atoms with Gasteiger partial charge in [-0.3, -0.25) is 4.79 Å². The summed E-state index contributed by atoms with van der Waals surface area (Å²) in [4.78, 5) is 22.7. The van der Waals surface area contributed by atoms with Crippen molar-refractivity contribution in [1.29, 1.82) is 0 Å². The second-order valence-electron chi connectivity index (χ2n) is 3.68. The van der Waals surface area contributed by atoms with Crippen molar-refractivity contribution in [2.24, 2.45) is 0 Å². The highest BCUT2D eigenvalue weighted by molar-refractivity contribution is 5.89. The van der Waals surface area contributed by atoms with E-state index in [0.717, 1.165) is 7.11 Å². The maximum absolute atomic E-state index is 12.9. The summed E-state index contributed by atoms with van der Waals surface area (Å²) in [6, 6.07) is -1.61. The van der Waals surface area contributed by atoms with Crippen LogP contribution in [0.4, 0.5) is 22.0 Å². The minimum absolute atomic E-state index is 0.128. The lowest BCUT2D eigenvalue weighted by Crippen LogP contribution is -2.60. The van der Waals surface area contributed by atoms with Crippen molar-refractivity contribution >= 4 is 11.9 Å². The molecule has 0 aromatic rings. The van der Waals surface area contributed by atoms with Crippen LogP contribution in [0.15, 0.2) is 0 Å². The standard InChI is InChI=1S/C9H10F5NO4/c1-18-6(16)5-4-19-3-2-15(5)7(17)8(10,11)9(12,13)14/h5H,2-4H2,1H3. The third-order valence-corrected chi connectivity index (χ3v) is 2.49. The fourth-order valence-corrected chi connectivity index (χ4v) is 1.48. The minimum Gasteiger partial charge on any atom is -0.467 e. The molecule has 1 atom stereocenters. The van der Waals surface area contributed by atoms with Crippen LogP contribution in [-0.2, 0) is 19.1 Å². The molecule has 0 bridgehead atoms. The van der Waals surface area contributed by atoms with E-state index < -0.39 is 43.2 Å². The van der Waals surface area contributed by atoms with Crippen LogP contribution in [0.1, 0.15) is 0 Å². The van der Waals surface area contributed by atoms with Gasteiger partial charge >= 0.3 is 24.0 Å². The van der Waals surface area contributed by atoms with Crippen LogP contribution in [-0.4, -0.2) is 61.8 Å². The van der Waals surface area contributed by atoms with Gasteiger partial charge in [-0.05, 0) is 0 Å². The first kappa shape index (κ1) is 15.6. The summed E-state index contributed by atoms with van der Waals surface area (Å²) < 4.78 is 71.2. The number of morpholine rings is 1. The summed E-state index contributed by atoms with van der Waals surface area (Å²) in [5.41, 5.74) is 0. The molecule has 5 nitrogen and oxygen atoms in total. The van der Waals surface area contributed by atoms with Gasteiger partial charge in [-0.1, -0.05) is 0 Å². The number of alkyl halides is 5. The molecule has 110 valence electrons. The number of hydrogen-bond acceptors (Lipinski definition) is 4. The molecule has 1 fully saturated rings. The molecule has 0 aromatic heterocycles. The Balaban J connectivity index is 2.98. The van der Waals surface area contributed by atoms with E-state index in [1.807, 2.05) is 0 Å². The highest BCUT2D eigenvalue weighted by Crippen LogP contribution is 2.37. The largest absolute Gasteiger partial charge is 0.467 e. The second kappa shape index (κ2) is 5.27. The summed E-state index contributed by atoms with van der Waals surface area (Å²) in [6.45, 7) is -1.29. The van der Waals surface area contributed by atoms with Crippen LogP contribution in [0, 0.1) is 0 Å². The van der Waals surface area contributed by atoms with Crippen molar-refractivity contribution in [3.8, 4) is 0 Å². The Morgan fingerprint density at radius 1 is 1.26 bits per heavy atom. The van der Waals surface area contributed by atoms with Crippen molar-refractivity contribution in [2.45, 2.75) is 18.1 Å². The van der Waals surface area contributed by atoms with Gasteiger partial charge in [0.25, 0.3) is 0 Å². The van der Waals surface area contributed by atoms with E-state index >= 15 is 0 Å². The molecule has 19 heavy (non-hydrogen) atoms. The predicted molar refractivity (Wildman–Crippen MR) is 49.3 cm³/mol. The number of carbonyl (C=O) groups excluding carboxylic acids is 2. The molecule has 0 radical (unpaired) electrons. The van der Waals surface area contributed by atoms with Crippen LogP contribution in [0.3, 0.4) is 0 Å². The Labute approximate surface area is 104 Å². The van der Waals surface area contributed by atoms with Crippen LogP contribution in [0.2, 0.25) is 0 Å². The summed E-state index contributed by atoms with van der Waals surface area (Å²) in [6.07, 6.45) is -6.02. The molecule has 1 unspecified atom stereocenters. The smallest absolute Gasteiger partial charge is 0.463 e. The number of ether oxygens (including phenoxy) is 2. The number of amides is 1. The topological polar surface area (TPSA) is 55.8 Å². The molecule has 0 spiro atoms. The molecule has 0 N–H and O–H groups in total. The number of carbonyl (C=O) groups is 2. The highest BCUT2D eigenvalue weighted by Gasteiger charge is 2.65. The van der Waals surface area contributed by atoms with Crippen LogP contribution in [0.5, 0.6) is 0 Å². The number of esters is 1. The zero-order chi connectivity index (χ0) is 14.8. The van der Waals surface area contributed by atoms with Gasteiger partial charge in [0.05, 0.1) is 20.3 Å². The first-order valence-electron chi connectivity index (χ1n) is 5.04. The Morgan fingerprint density at radius 3 is 2.32 bits per heavy atom. The predicted octanol–water partition coefficient (Wildman–Crippen LogP) is 0.584. The maximum atomic E-state index is 12.9. The van der Waals surface area contributed by atoms with Crippen molar-refractivity contribution in [3.05, 3.63) is 0 Å². The fourth-order valence-electron chi connectivity index (χ4n) is 1.48. The SMILES string of the molecule is COC(=O)C1COCCN1C(=O)C(F)(F)C(F)(F)F. The zero-order valence-corrected chi connectivity index (χ0v) is 9.67. The van der Waals surface area contributed by atoms with Gasteiger partial charge in [-0.2, -0.15) is 22.0 Å². The molecule has 1 amide bonds. The Kier molecular flexibility index (Phi) is 4.33. The number of rotatable bonds is 2. The molecule has 0 saturated carbocycles. The lowest BCUT2D eigenvalue weighted by molar-refractivity contribution is -0.276. The summed E-state index contributed by atoms with van der Waals surface area (Å²) in [5, 5.41) is 0. The van der Waals surface area contributed by atoms with E-state index in [-0.39, 0.29) is 11.5 Å². The molecular weight excluding hydrogens is 281 g/mol. The summed E-state index contributed by atoms with van der Waals surface area (Å²) in [7, 11) is 0.918. The Hall–Kier alpha value is -1.45. The Bertz CT molecular complexity index is 370. The average molecular weight is 291 g/mol. The van der Waals surface area contributed by atoms with Crippen LogP contribution >= 0.6 is 0 Å². The van der Waals surface area contributed by atoms with Crippen molar-refractivity contribution in [2.75, 3.05) is 26.9 Å². The number of halogens is 5. The molecule has 1 aliphatic rings. The van der Waals surface area contributed by atoms with Gasteiger partial charge < -0.3 is 14.4 Å². The molecular formula is C9H10F5NO4. The average Bonchev–Trinajstić information content (AvgIpc) is 2.35. The summed E-state index contributed by atoms with van der Waals surface area (Å²) in [5.74, 6) is -9.17. The van der Waals surface area contributed by atoms with Gasteiger partial charge in [0, 0.05) is 6.54 Å². The van der Waals surface area contributed by atoms with Crippen molar-refractivity contribution < 1.29 is 41.0 Å². The van der Waals surface area contributed by atoms with Gasteiger partial charge in [-0.15, -0.1) is 0 Å². The first-order chi connectivity index (χ1) is 8.63. The molecule has 1 aliphatic heterocycles. The van der Waals surface area contributed by atoms with Gasteiger partial charge in [0.1, 0.15) is 0 Å². The quantitative estimate of drug-likeness (QED) is 0.552. The maximum Gasteiger partial charge on any atom is 0.463 e. The van der Waals surface area contributed by atoms with E-state index in [0.29, 0.717) is 0 Å². The van der Waals surface area contributed by atoms with Gasteiger partial charge in [-0.25, -0.2) is 4.79 Å². The Morgan fingerprint density at radius 2 is 1.84 bits per heavy atom. The number of hydrogen-bond donors (Lipinski definition) is 0. The van der Waals surface area contributed by atoms with E-state index in [2.05, 4.69) is 4.74 Å². The van der Waals surface area contributed by atoms with Gasteiger partial charge in [0.2, 0.25) is 0 Å². The van der Waals surface area contributed by atoms with Gasteiger partial charge in [0.15, 0.2) is 6.04 Å². The van der Waals surface area contributed by atoms with E-state index in [1.54, 1.807) is 0 Å². The second-order valence-corrected chi connectivity index (χ2v) is 3.68. The monoisotopic (exact) mass is 291 g/mol. The molecule has 1 heterocycles. The summed E-state index contributed by atoms with van der Waals surface area (Å²) >= 11 is 0. The van der Waals surface area contributed by atoms with Crippen LogP contribution in [0.25, 0.3) is 0 Å².